The van der Waals surface area contributed by atoms with Crippen molar-refractivity contribution in [3.63, 3.8) is 0 Å². The first kappa shape index (κ1) is 21.8. The van der Waals surface area contributed by atoms with Gasteiger partial charge in [0.05, 0.1) is 13.7 Å². The lowest BCUT2D eigenvalue weighted by Crippen LogP contribution is -2.18. The highest BCUT2D eigenvalue weighted by atomic mass is 19.1. The summed E-state index contributed by atoms with van der Waals surface area (Å²) in [6.45, 7) is 2.78. The third kappa shape index (κ3) is 5.15. The van der Waals surface area contributed by atoms with Crippen LogP contribution in [0.5, 0.6) is 5.75 Å². The lowest BCUT2D eigenvalue weighted by molar-refractivity contribution is 0.291. The Kier molecular flexibility index (Phi) is 7.77. The van der Waals surface area contributed by atoms with Gasteiger partial charge in [0.1, 0.15) is 12.4 Å². The summed E-state index contributed by atoms with van der Waals surface area (Å²) >= 11 is 0. The van der Waals surface area contributed by atoms with E-state index in [2.05, 4.69) is 11.4 Å². The first-order chi connectivity index (χ1) is 14.7. The predicted molar refractivity (Wildman–Crippen MR) is 122 cm³/mol. The van der Waals surface area contributed by atoms with Crippen LogP contribution in [-0.4, -0.2) is 25.4 Å². The van der Waals surface area contributed by atoms with Gasteiger partial charge < -0.3 is 15.2 Å². The number of nitrogens with one attached hydrogen (secondary N) is 1. The van der Waals surface area contributed by atoms with Gasteiger partial charge >= 0.3 is 0 Å². The molecule has 0 saturated carbocycles. The molecule has 2 N–H and O–H groups in total. The predicted octanol–water partition coefficient (Wildman–Crippen LogP) is 5.39. The summed E-state index contributed by atoms with van der Waals surface area (Å²) in [4.78, 5) is 0. The average molecular weight is 406 g/mol. The van der Waals surface area contributed by atoms with E-state index in [1.165, 1.54) is 0 Å². The van der Waals surface area contributed by atoms with Gasteiger partial charge in [-0.15, -0.1) is 0 Å². The second-order valence-corrected chi connectivity index (χ2v) is 7.13. The highest BCUT2D eigenvalue weighted by molar-refractivity contribution is 5.78. The molecule has 3 nitrogen and oxygen atoms in total. The van der Waals surface area contributed by atoms with Gasteiger partial charge in [-0.05, 0) is 46.4 Å². The Bertz CT molecular complexity index is 999. The third-order valence-corrected chi connectivity index (χ3v) is 5.15. The van der Waals surface area contributed by atoms with E-state index < -0.39 is 6.67 Å². The van der Waals surface area contributed by atoms with Crippen LogP contribution in [0.1, 0.15) is 27.8 Å². The highest BCUT2D eigenvalue weighted by Crippen LogP contribution is 2.29. The Morgan fingerprint density at radius 1 is 1.00 bits per heavy atom. The fourth-order valence-corrected chi connectivity index (χ4v) is 3.55. The minimum absolute atomic E-state index is 0.0983. The summed E-state index contributed by atoms with van der Waals surface area (Å²) in [6.07, 6.45) is 3.97. The number of aliphatic hydroxyl groups excluding tert-OH is 1. The summed E-state index contributed by atoms with van der Waals surface area (Å²) in [6, 6.07) is 19.8. The van der Waals surface area contributed by atoms with E-state index in [4.69, 9.17) is 9.84 Å². The molecule has 0 spiro atoms. The van der Waals surface area contributed by atoms with Crippen LogP contribution in [0.2, 0.25) is 0 Å². The van der Waals surface area contributed by atoms with Crippen LogP contribution in [0, 0.1) is 6.92 Å². The minimum Gasteiger partial charge on any atom is -0.496 e. The molecule has 30 heavy (non-hydrogen) atoms. The van der Waals surface area contributed by atoms with Crippen LogP contribution in [0.25, 0.3) is 23.3 Å². The molecule has 0 saturated heterocycles. The Labute approximate surface area is 177 Å². The quantitative estimate of drug-likeness (QED) is 0.370. The molecule has 4 heteroatoms. The van der Waals surface area contributed by atoms with Gasteiger partial charge in [-0.1, -0.05) is 66.7 Å². The smallest absolute Gasteiger partial charge is 0.123 e. The molecule has 0 bridgehead atoms. The van der Waals surface area contributed by atoms with Crippen molar-refractivity contribution in [2.45, 2.75) is 20.1 Å². The van der Waals surface area contributed by atoms with Crippen LogP contribution in [-0.2, 0) is 13.2 Å². The van der Waals surface area contributed by atoms with Crippen LogP contribution in [0.3, 0.4) is 0 Å². The first-order valence-electron chi connectivity index (χ1n) is 10.1. The molecule has 3 rings (SSSR count). The molecule has 0 fully saturated rings. The van der Waals surface area contributed by atoms with E-state index in [0.717, 1.165) is 39.1 Å². The number of rotatable bonds is 9. The van der Waals surface area contributed by atoms with Gasteiger partial charge in [0.2, 0.25) is 0 Å². The number of halogens is 1. The molecular weight excluding hydrogens is 377 g/mol. The number of benzene rings is 3. The Balaban J connectivity index is 1.92. The average Bonchev–Trinajstić information content (AvgIpc) is 2.79. The fourth-order valence-electron chi connectivity index (χ4n) is 3.55. The molecule has 0 aliphatic carbocycles. The van der Waals surface area contributed by atoms with Crippen molar-refractivity contribution in [2.24, 2.45) is 0 Å². The molecule has 0 aromatic heterocycles. The molecule has 3 aromatic rings. The van der Waals surface area contributed by atoms with E-state index in [0.29, 0.717) is 18.7 Å². The molecule has 0 radical (unpaired) electrons. The van der Waals surface area contributed by atoms with Gasteiger partial charge in [-0.2, -0.15) is 0 Å². The highest BCUT2D eigenvalue weighted by Gasteiger charge is 2.10. The molecule has 0 aliphatic rings. The second kappa shape index (κ2) is 10.7. The molecule has 156 valence electrons. The Morgan fingerprint density at radius 3 is 2.47 bits per heavy atom. The zero-order valence-electron chi connectivity index (χ0n) is 17.5. The lowest BCUT2D eigenvalue weighted by Gasteiger charge is -2.13. The number of alkyl halides is 1. The van der Waals surface area contributed by atoms with Crippen molar-refractivity contribution in [1.29, 1.82) is 0 Å². The maximum atomic E-state index is 14.0. The van der Waals surface area contributed by atoms with Crippen molar-refractivity contribution >= 4 is 12.2 Å². The van der Waals surface area contributed by atoms with Crippen LogP contribution < -0.4 is 10.1 Å². The molecular formula is C26H28FNO2. The van der Waals surface area contributed by atoms with Gasteiger partial charge in [0.15, 0.2) is 0 Å². The lowest BCUT2D eigenvalue weighted by atomic mass is 9.95. The standard InChI is InChI=1S/C26H28FNO2/c1-19-15-23(18-28-13-14-29)26(30-2)16-22(19)12-11-21-9-6-10-24(25(21)17-27)20-7-4-3-5-8-20/h3-12,15-16,28-29H,13-14,17-18H2,1-2H3/b12-11+. The second-order valence-electron chi connectivity index (χ2n) is 7.13. The van der Waals surface area contributed by atoms with Gasteiger partial charge in [0.25, 0.3) is 0 Å². The number of methoxy groups -OCH3 is 1. The minimum atomic E-state index is -0.525. The number of hydrogen-bond donors (Lipinski definition) is 2. The van der Waals surface area contributed by atoms with Crippen LogP contribution in [0.15, 0.2) is 60.7 Å². The molecule has 0 amide bonds. The molecule has 0 heterocycles. The zero-order chi connectivity index (χ0) is 21.3. The van der Waals surface area contributed by atoms with Crippen molar-refractivity contribution in [3.05, 3.63) is 88.5 Å². The summed E-state index contributed by atoms with van der Waals surface area (Å²) in [5.74, 6) is 0.787. The van der Waals surface area contributed by atoms with Crippen LogP contribution >= 0.6 is 0 Å². The number of ether oxygens (including phenoxy) is 1. The maximum absolute atomic E-state index is 14.0. The molecule has 0 unspecified atom stereocenters. The van der Waals surface area contributed by atoms with Gasteiger partial charge in [-0.3, -0.25) is 0 Å². The summed E-state index contributed by atoms with van der Waals surface area (Å²) < 4.78 is 19.5. The first-order valence-corrected chi connectivity index (χ1v) is 10.1. The molecule has 0 atom stereocenters. The van der Waals surface area contributed by atoms with Crippen molar-refractivity contribution < 1.29 is 14.2 Å². The molecule has 0 aliphatic heterocycles. The Morgan fingerprint density at radius 2 is 1.77 bits per heavy atom. The number of hydrogen-bond acceptors (Lipinski definition) is 3. The fraction of sp³-hybridized carbons (Fsp3) is 0.231. The SMILES string of the molecule is COc1cc(/C=C/c2cccc(-c3ccccc3)c2CF)c(C)cc1CNCCO. The normalized spacial score (nSPS) is 11.2. The topological polar surface area (TPSA) is 41.5 Å². The number of aryl methyl sites for hydroxylation is 1. The van der Waals surface area contributed by atoms with Gasteiger partial charge in [0, 0.05) is 18.7 Å². The van der Waals surface area contributed by atoms with Crippen molar-refractivity contribution in [1.82, 2.24) is 5.32 Å². The largest absolute Gasteiger partial charge is 0.496 e. The monoisotopic (exact) mass is 405 g/mol. The van der Waals surface area contributed by atoms with E-state index in [1.54, 1.807) is 7.11 Å². The summed E-state index contributed by atoms with van der Waals surface area (Å²) in [5, 5.41) is 12.1. The van der Waals surface area contributed by atoms with E-state index in [-0.39, 0.29) is 6.61 Å². The zero-order valence-corrected chi connectivity index (χ0v) is 17.5. The van der Waals surface area contributed by atoms with E-state index >= 15 is 0 Å². The molecule has 3 aromatic carbocycles. The van der Waals surface area contributed by atoms with Crippen LogP contribution in [0.4, 0.5) is 4.39 Å². The van der Waals surface area contributed by atoms with Gasteiger partial charge in [-0.25, -0.2) is 4.39 Å². The maximum Gasteiger partial charge on any atom is 0.123 e. The number of aliphatic hydroxyl groups is 1. The Hall–Kier alpha value is -2.95. The summed E-state index contributed by atoms with van der Waals surface area (Å²) in [5.41, 5.74) is 6.65. The summed E-state index contributed by atoms with van der Waals surface area (Å²) in [7, 11) is 1.65. The van der Waals surface area contributed by atoms with E-state index in [1.807, 2.05) is 73.7 Å². The third-order valence-electron chi connectivity index (χ3n) is 5.15. The van der Waals surface area contributed by atoms with Crippen molar-refractivity contribution in [3.8, 4) is 16.9 Å². The van der Waals surface area contributed by atoms with Crippen molar-refractivity contribution in [2.75, 3.05) is 20.3 Å². The van der Waals surface area contributed by atoms with E-state index in [9.17, 15) is 4.39 Å².